The molecule has 0 bridgehead atoms. The summed E-state index contributed by atoms with van der Waals surface area (Å²) in [7, 11) is 0. The molecular formula is C20H27BrN4O3. The standard InChI is InChI=1S/C20H27BrN4O3/c1-6-24(19(27)28-20(3,4)5)12-17(26)25(7-2)18-14-9-8-13(21)10-16(14)23-11-15(18)22/h8-11H,6-7,12,22H2,1-5H3. The fourth-order valence-corrected chi connectivity index (χ4v) is 3.16. The highest BCUT2D eigenvalue weighted by atomic mass is 79.9. The van der Waals surface area contributed by atoms with Crippen LogP contribution in [0.25, 0.3) is 10.9 Å². The Morgan fingerprint density at radius 3 is 2.46 bits per heavy atom. The Bertz CT molecular complexity index is 880. The van der Waals surface area contributed by atoms with Crippen LogP contribution in [0.2, 0.25) is 0 Å². The average Bonchev–Trinajstić information content (AvgIpc) is 2.60. The topological polar surface area (TPSA) is 88.8 Å². The summed E-state index contributed by atoms with van der Waals surface area (Å²) < 4.78 is 6.28. The maximum Gasteiger partial charge on any atom is 0.410 e. The van der Waals surface area contributed by atoms with E-state index in [1.54, 1.807) is 38.8 Å². The van der Waals surface area contributed by atoms with Crippen LogP contribution < -0.4 is 10.6 Å². The number of hydrogen-bond acceptors (Lipinski definition) is 5. The first kappa shape index (κ1) is 21.9. The van der Waals surface area contributed by atoms with E-state index in [1.807, 2.05) is 25.1 Å². The Hall–Kier alpha value is -2.35. The van der Waals surface area contributed by atoms with Gasteiger partial charge in [0.15, 0.2) is 0 Å². The summed E-state index contributed by atoms with van der Waals surface area (Å²) >= 11 is 3.43. The van der Waals surface area contributed by atoms with Crippen molar-refractivity contribution in [2.75, 3.05) is 30.3 Å². The van der Waals surface area contributed by atoms with E-state index in [2.05, 4.69) is 20.9 Å². The Morgan fingerprint density at radius 1 is 1.21 bits per heavy atom. The Balaban J connectivity index is 2.34. The summed E-state index contributed by atoms with van der Waals surface area (Å²) in [5.74, 6) is -0.239. The van der Waals surface area contributed by atoms with Gasteiger partial charge in [0.1, 0.15) is 12.1 Å². The van der Waals surface area contributed by atoms with Crippen LogP contribution >= 0.6 is 15.9 Å². The molecule has 2 N–H and O–H groups in total. The molecule has 8 heteroatoms. The van der Waals surface area contributed by atoms with Crippen molar-refractivity contribution in [2.24, 2.45) is 0 Å². The molecule has 0 saturated heterocycles. The lowest BCUT2D eigenvalue weighted by Crippen LogP contribution is -2.45. The van der Waals surface area contributed by atoms with Crippen molar-refractivity contribution in [1.29, 1.82) is 0 Å². The van der Waals surface area contributed by atoms with Gasteiger partial charge in [-0.2, -0.15) is 0 Å². The predicted molar refractivity (Wildman–Crippen MR) is 115 cm³/mol. The Labute approximate surface area is 174 Å². The number of anilines is 2. The number of carbonyl (C=O) groups is 2. The zero-order chi connectivity index (χ0) is 21.1. The van der Waals surface area contributed by atoms with E-state index in [0.29, 0.717) is 24.5 Å². The second-order valence-corrected chi connectivity index (χ2v) is 8.27. The highest BCUT2D eigenvalue weighted by Crippen LogP contribution is 2.33. The molecule has 0 radical (unpaired) electrons. The van der Waals surface area contributed by atoms with Gasteiger partial charge < -0.3 is 15.4 Å². The fraction of sp³-hybridized carbons (Fsp3) is 0.450. The number of halogens is 1. The first-order valence-corrected chi connectivity index (χ1v) is 9.98. The molecule has 0 unspecified atom stereocenters. The van der Waals surface area contributed by atoms with E-state index < -0.39 is 11.7 Å². The number of likely N-dealkylation sites (N-methyl/N-ethyl adjacent to an activating group) is 2. The molecule has 7 nitrogen and oxygen atoms in total. The number of amides is 2. The van der Waals surface area contributed by atoms with Crippen LogP contribution in [0.15, 0.2) is 28.9 Å². The van der Waals surface area contributed by atoms with Crippen molar-refractivity contribution < 1.29 is 14.3 Å². The molecule has 1 aromatic carbocycles. The second-order valence-electron chi connectivity index (χ2n) is 7.36. The number of carbonyl (C=O) groups excluding carboxylic acids is 2. The smallest absolute Gasteiger partial charge is 0.410 e. The summed E-state index contributed by atoms with van der Waals surface area (Å²) in [5.41, 5.74) is 7.28. The molecule has 2 aromatic rings. The molecular weight excluding hydrogens is 424 g/mol. The van der Waals surface area contributed by atoms with Crippen molar-refractivity contribution in [2.45, 2.75) is 40.2 Å². The summed E-state index contributed by atoms with van der Waals surface area (Å²) in [4.78, 5) is 32.8. The van der Waals surface area contributed by atoms with Crippen LogP contribution in [0.5, 0.6) is 0 Å². The van der Waals surface area contributed by atoms with E-state index in [1.165, 1.54) is 4.90 Å². The van der Waals surface area contributed by atoms with Crippen LogP contribution in [0.3, 0.4) is 0 Å². The minimum absolute atomic E-state index is 0.0982. The lowest BCUT2D eigenvalue weighted by Gasteiger charge is -2.29. The number of nitrogen functional groups attached to an aromatic ring is 1. The Kier molecular flexibility index (Phi) is 6.87. The van der Waals surface area contributed by atoms with Gasteiger partial charge in [-0.25, -0.2) is 4.79 Å². The predicted octanol–water partition coefficient (Wildman–Crippen LogP) is 4.19. The van der Waals surface area contributed by atoms with Crippen molar-refractivity contribution in [1.82, 2.24) is 9.88 Å². The van der Waals surface area contributed by atoms with E-state index in [0.717, 1.165) is 15.4 Å². The van der Waals surface area contributed by atoms with E-state index in [9.17, 15) is 9.59 Å². The van der Waals surface area contributed by atoms with Crippen LogP contribution in [0.4, 0.5) is 16.2 Å². The number of nitrogens with zero attached hydrogens (tertiary/aromatic N) is 3. The molecule has 0 aliphatic heterocycles. The number of aromatic nitrogens is 1. The molecule has 0 atom stereocenters. The normalized spacial score (nSPS) is 11.4. The van der Waals surface area contributed by atoms with Gasteiger partial charge in [-0.1, -0.05) is 15.9 Å². The molecule has 0 aliphatic carbocycles. The van der Waals surface area contributed by atoms with Crippen LogP contribution in [0, 0.1) is 0 Å². The van der Waals surface area contributed by atoms with Crippen molar-refractivity contribution in [3.63, 3.8) is 0 Å². The maximum absolute atomic E-state index is 13.1. The zero-order valence-corrected chi connectivity index (χ0v) is 18.5. The number of benzene rings is 1. The first-order valence-electron chi connectivity index (χ1n) is 9.19. The molecule has 0 aliphatic rings. The molecule has 1 heterocycles. The Morgan fingerprint density at radius 2 is 1.89 bits per heavy atom. The SMILES string of the molecule is CCN(CC(=O)N(CC)c1c(N)cnc2cc(Br)ccc12)C(=O)OC(C)(C)C. The molecule has 28 heavy (non-hydrogen) atoms. The van der Waals surface area contributed by atoms with Crippen LogP contribution in [-0.2, 0) is 9.53 Å². The highest BCUT2D eigenvalue weighted by molar-refractivity contribution is 9.10. The minimum Gasteiger partial charge on any atom is -0.444 e. The summed E-state index contributed by atoms with van der Waals surface area (Å²) in [5, 5.41) is 0.777. The summed E-state index contributed by atoms with van der Waals surface area (Å²) in [6, 6.07) is 5.62. The van der Waals surface area contributed by atoms with Gasteiger partial charge in [-0.05, 0) is 52.8 Å². The van der Waals surface area contributed by atoms with Crippen LogP contribution in [-0.4, -0.2) is 47.1 Å². The van der Waals surface area contributed by atoms with Crippen molar-refractivity contribution in [3.8, 4) is 0 Å². The summed E-state index contributed by atoms with van der Waals surface area (Å²) in [6.45, 7) is 9.72. The van der Waals surface area contributed by atoms with Gasteiger partial charge in [0.05, 0.1) is 23.1 Å². The second kappa shape index (κ2) is 8.77. The molecule has 0 spiro atoms. The van der Waals surface area contributed by atoms with Crippen molar-refractivity contribution in [3.05, 3.63) is 28.9 Å². The number of ether oxygens (including phenoxy) is 1. The number of pyridine rings is 1. The zero-order valence-electron chi connectivity index (χ0n) is 17.0. The highest BCUT2D eigenvalue weighted by Gasteiger charge is 2.26. The third-order valence-electron chi connectivity index (χ3n) is 4.08. The lowest BCUT2D eigenvalue weighted by atomic mass is 10.1. The maximum atomic E-state index is 13.1. The fourth-order valence-electron chi connectivity index (χ4n) is 2.81. The quantitative estimate of drug-likeness (QED) is 0.737. The van der Waals surface area contributed by atoms with E-state index >= 15 is 0 Å². The van der Waals surface area contributed by atoms with Gasteiger partial charge >= 0.3 is 6.09 Å². The van der Waals surface area contributed by atoms with Gasteiger partial charge in [-0.3, -0.25) is 14.7 Å². The largest absolute Gasteiger partial charge is 0.444 e. The number of hydrogen-bond donors (Lipinski definition) is 1. The lowest BCUT2D eigenvalue weighted by molar-refractivity contribution is -0.119. The number of fused-ring (bicyclic) bond motifs is 1. The molecule has 0 saturated carbocycles. The van der Waals surface area contributed by atoms with Gasteiger partial charge in [0.25, 0.3) is 0 Å². The van der Waals surface area contributed by atoms with Gasteiger partial charge in [0, 0.05) is 22.9 Å². The van der Waals surface area contributed by atoms with E-state index in [-0.39, 0.29) is 12.5 Å². The van der Waals surface area contributed by atoms with Crippen LogP contribution in [0.1, 0.15) is 34.6 Å². The number of nitrogens with two attached hydrogens (primary N) is 1. The third-order valence-corrected chi connectivity index (χ3v) is 4.57. The average molecular weight is 451 g/mol. The van der Waals surface area contributed by atoms with Gasteiger partial charge in [0.2, 0.25) is 5.91 Å². The van der Waals surface area contributed by atoms with Crippen molar-refractivity contribution >= 4 is 50.2 Å². The minimum atomic E-state index is -0.628. The summed E-state index contributed by atoms with van der Waals surface area (Å²) in [6.07, 6.45) is 1.03. The van der Waals surface area contributed by atoms with Gasteiger partial charge in [-0.15, -0.1) is 0 Å². The molecule has 2 amide bonds. The first-order chi connectivity index (χ1) is 13.1. The monoisotopic (exact) mass is 450 g/mol. The molecule has 0 fully saturated rings. The molecule has 2 rings (SSSR count). The molecule has 1 aromatic heterocycles. The third kappa shape index (κ3) is 5.13. The van der Waals surface area contributed by atoms with E-state index in [4.69, 9.17) is 10.5 Å². The molecule has 152 valence electrons. The number of rotatable bonds is 5.